The molecule has 3 rings (SSSR count). The fraction of sp³-hybridized carbons (Fsp3) is 0.478. The van der Waals surface area contributed by atoms with Gasteiger partial charge in [-0.1, -0.05) is 12.1 Å². The fourth-order valence-electron chi connectivity index (χ4n) is 3.69. The highest BCUT2D eigenvalue weighted by Gasteiger charge is 2.48. The molecule has 190 valence electrons. The minimum atomic E-state index is -1.80. The van der Waals surface area contributed by atoms with Crippen LogP contribution in [0.3, 0.4) is 0 Å². The van der Waals surface area contributed by atoms with E-state index in [1.165, 1.54) is 12.2 Å². The molecular formula is C23H28N2O10. The molecule has 0 radical (unpaired) electrons. The van der Waals surface area contributed by atoms with Crippen LogP contribution in [0, 0.1) is 0 Å². The van der Waals surface area contributed by atoms with Gasteiger partial charge in [0.1, 0.15) is 24.1 Å². The number of nitrogens with one attached hydrogen (secondary N) is 1. The first-order valence-electron chi connectivity index (χ1n) is 11.2. The average Bonchev–Trinajstić information content (AvgIpc) is 3.14. The second-order valence-corrected chi connectivity index (χ2v) is 8.22. The molecule has 2 aliphatic rings. The van der Waals surface area contributed by atoms with Crippen LogP contribution in [0.25, 0.3) is 0 Å². The van der Waals surface area contributed by atoms with E-state index in [9.17, 15) is 34.5 Å². The lowest BCUT2D eigenvalue weighted by molar-refractivity contribution is -0.271. The smallest absolute Gasteiger partial charge is 0.335 e. The van der Waals surface area contributed by atoms with Crippen molar-refractivity contribution in [3.63, 3.8) is 0 Å². The van der Waals surface area contributed by atoms with Gasteiger partial charge in [0.15, 0.2) is 6.10 Å². The first-order valence-corrected chi connectivity index (χ1v) is 11.2. The van der Waals surface area contributed by atoms with E-state index in [4.69, 9.17) is 14.6 Å². The lowest BCUT2D eigenvalue weighted by Crippen LogP contribution is -2.61. The van der Waals surface area contributed by atoms with Crippen LogP contribution in [0.2, 0.25) is 0 Å². The molecule has 0 aliphatic carbocycles. The molecule has 1 aromatic carbocycles. The van der Waals surface area contributed by atoms with Gasteiger partial charge in [-0.25, -0.2) is 4.79 Å². The summed E-state index contributed by atoms with van der Waals surface area (Å²) in [4.78, 5) is 47.1. The van der Waals surface area contributed by atoms with Gasteiger partial charge in [-0.15, -0.1) is 0 Å². The number of ether oxygens (including phenoxy) is 2. The van der Waals surface area contributed by atoms with E-state index in [2.05, 4.69) is 5.32 Å². The number of aryl methyl sites for hydroxylation is 1. The van der Waals surface area contributed by atoms with Gasteiger partial charge in [-0.05, 0) is 37.0 Å². The van der Waals surface area contributed by atoms with Crippen LogP contribution >= 0.6 is 0 Å². The number of carboxylic acid groups (broad SMARTS) is 1. The standard InChI is InChI=1S/C23H28N2O10/c26-15(9-11-25-16(27)7-8-17(25)28)24-10-2-1-4-13-5-3-6-14(12-13)34-23-20(31)18(29)19(30)21(35-23)22(32)33/h3,5-8,12,18-21,23,29-31H,1-2,4,9-11H2,(H,24,26)(H,32,33)/t18-,19-,20+,21-,23+/m0/s1. The zero-order valence-electron chi connectivity index (χ0n) is 18.8. The molecular weight excluding hydrogens is 464 g/mol. The second kappa shape index (κ2) is 11.9. The van der Waals surface area contributed by atoms with Gasteiger partial charge in [0.25, 0.3) is 11.8 Å². The number of carbonyl (C=O) groups is 4. The van der Waals surface area contributed by atoms with Crippen LogP contribution < -0.4 is 10.1 Å². The molecule has 2 aliphatic heterocycles. The highest BCUT2D eigenvalue weighted by molar-refractivity contribution is 6.13. The van der Waals surface area contributed by atoms with Crippen LogP contribution in [0.1, 0.15) is 24.8 Å². The molecule has 1 aromatic rings. The van der Waals surface area contributed by atoms with E-state index in [1.54, 1.807) is 18.2 Å². The maximum atomic E-state index is 11.9. The van der Waals surface area contributed by atoms with Gasteiger partial charge in [-0.2, -0.15) is 0 Å². The third kappa shape index (κ3) is 6.85. The Balaban J connectivity index is 1.39. The van der Waals surface area contributed by atoms with Crippen molar-refractivity contribution in [1.29, 1.82) is 0 Å². The summed E-state index contributed by atoms with van der Waals surface area (Å²) in [6.07, 6.45) is -4.00. The first kappa shape index (κ1) is 26.3. The molecule has 0 bridgehead atoms. The average molecular weight is 492 g/mol. The summed E-state index contributed by atoms with van der Waals surface area (Å²) in [6.45, 7) is 0.458. The van der Waals surface area contributed by atoms with Crippen molar-refractivity contribution >= 4 is 23.7 Å². The third-order valence-electron chi connectivity index (χ3n) is 5.64. The maximum absolute atomic E-state index is 11.9. The number of imide groups is 1. The minimum Gasteiger partial charge on any atom is -0.479 e. The Bertz CT molecular complexity index is 963. The molecule has 1 saturated heterocycles. The van der Waals surface area contributed by atoms with Crippen molar-refractivity contribution in [2.45, 2.75) is 56.4 Å². The van der Waals surface area contributed by atoms with Gasteiger partial charge < -0.3 is 35.2 Å². The van der Waals surface area contributed by atoms with Crippen molar-refractivity contribution in [3.8, 4) is 5.75 Å². The molecule has 12 nitrogen and oxygen atoms in total. The third-order valence-corrected chi connectivity index (χ3v) is 5.64. The number of rotatable bonds is 11. The summed E-state index contributed by atoms with van der Waals surface area (Å²) in [5.41, 5.74) is 0.882. The highest BCUT2D eigenvalue weighted by atomic mass is 16.7. The van der Waals surface area contributed by atoms with E-state index in [0.29, 0.717) is 19.4 Å². The van der Waals surface area contributed by atoms with Gasteiger partial charge in [0.2, 0.25) is 12.2 Å². The molecule has 5 N–H and O–H groups in total. The van der Waals surface area contributed by atoms with Crippen LogP contribution in [0.15, 0.2) is 36.4 Å². The van der Waals surface area contributed by atoms with Gasteiger partial charge in [-0.3, -0.25) is 19.3 Å². The molecule has 0 unspecified atom stereocenters. The van der Waals surface area contributed by atoms with Crippen LogP contribution in [-0.4, -0.2) is 92.8 Å². The highest BCUT2D eigenvalue weighted by Crippen LogP contribution is 2.25. The monoisotopic (exact) mass is 492 g/mol. The molecule has 5 atom stereocenters. The summed E-state index contributed by atoms with van der Waals surface area (Å²) in [6, 6.07) is 6.82. The molecule has 1 fully saturated rings. The van der Waals surface area contributed by atoms with Crippen LogP contribution in [0.5, 0.6) is 5.75 Å². The number of aliphatic hydroxyl groups is 3. The molecule has 2 heterocycles. The number of nitrogens with zero attached hydrogens (tertiary/aromatic N) is 1. The van der Waals surface area contributed by atoms with Crippen LogP contribution in [-0.2, 0) is 30.3 Å². The summed E-state index contributed by atoms with van der Waals surface area (Å²) >= 11 is 0. The number of carboxylic acids is 1. The Morgan fingerprint density at radius 2 is 1.74 bits per heavy atom. The van der Waals surface area contributed by atoms with Crippen LogP contribution in [0.4, 0.5) is 0 Å². The van der Waals surface area contributed by atoms with E-state index in [-0.39, 0.29) is 24.6 Å². The van der Waals surface area contributed by atoms with E-state index >= 15 is 0 Å². The van der Waals surface area contributed by atoms with Crippen molar-refractivity contribution in [2.24, 2.45) is 0 Å². The SMILES string of the molecule is O=C(CCN1C(=O)C=CC1=O)NCCCCc1cccc(O[C@@H]2O[C@H](C(=O)O)[C@@H](O)[C@H](O)[C@H]2O)c1. The number of aliphatic carboxylic acids is 1. The minimum absolute atomic E-state index is 0.0299. The molecule has 0 aromatic heterocycles. The number of aliphatic hydroxyl groups excluding tert-OH is 3. The Morgan fingerprint density at radius 1 is 1.03 bits per heavy atom. The summed E-state index contributed by atoms with van der Waals surface area (Å²) in [5.74, 6) is -2.31. The molecule has 3 amide bonds. The maximum Gasteiger partial charge on any atom is 0.335 e. The quantitative estimate of drug-likeness (QED) is 0.184. The Kier molecular flexibility index (Phi) is 8.93. The largest absolute Gasteiger partial charge is 0.479 e. The lowest BCUT2D eigenvalue weighted by Gasteiger charge is -2.38. The predicted molar refractivity (Wildman–Crippen MR) is 118 cm³/mol. The Hall–Kier alpha value is -3.32. The zero-order chi connectivity index (χ0) is 25.5. The molecule has 0 saturated carbocycles. The predicted octanol–water partition coefficient (Wildman–Crippen LogP) is -1.29. The van der Waals surface area contributed by atoms with Crippen molar-refractivity contribution in [3.05, 3.63) is 42.0 Å². The number of unbranched alkanes of at least 4 members (excludes halogenated alkanes) is 1. The fourth-order valence-corrected chi connectivity index (χ4v) is 3.69. The second-order valence-electron chi connectivity index (χ2n) is 8.22. The molecule has 12 heteroatoms. The normalized spacial score (nSPS) is 26.1. The zero-order valence-corrected chi connectivity index (χ0v) is 18.8. The van der Waals surface area contributed by atoms with Crippen molar-refractivity contribution < 1.29 is 49.1 Å². The van der Waals surface area contributed by atoms with Gasteiger partial charge in [0.05, 0.1) is 0 Å². The Morgan fingerprint density at radius 3 is 2.43 bits per heavy atom. The number of carbonyl (C=O) groups excluding carboxylic acids is 3. The van der Waals surface area contributed by atoms with Crippen molar-refractivity contribution in [1.82, 2.24) is 10.2 Å². The van der Waals surface area contributed by atoms with Gasteiger partial charge in [0, 0.05) is 31.7 Å². The number of hydrogen-bond acceptors (Lipinski definition) is 9. The lowest BCUT2D eigenvalue weighted by atomic mass is 9.99. The van der Waals surface area contributed by atoms with Crippen molar-refractivity contribution in [2.75, 3.05) is 13.1 Å². The Labute approximate surface area is 200 Å². The summed E-state index contributed by atoms with van der Waals surface area (Å²) in [7, 11) is 0. The van der Waals surface area contributed by atoms with E-state index in [1.807, 2.05) is 6.07 Å². The number of amides is 3. The molecule has 0 spiro atoms. The number of benzene rings is 1. The first-order chi connectivity index (χ1) is 16.7. The van der Waals surface area contributed by atoms with Gasteiger partial charge >= 0.3 is 5.97 Å². The molecule has 35 heavy (non-hydrogen) atoms. The van der Waals surface area contributed by atoms with E-state index < -0.39 is 48.5 Å². The number of hydrogen-bond donors (Lipinski definition) is 5. The topological polar surface area (TPSA) is 183 Å². The summed E-state index contributed by atoms with van der Waals surface area (Å²) in [5, 5.41) is 41.6. The van der Waals surface area contributed by atoms with E-state index in [0.717, 1.165) is 16.9 Å². The summed E-state index contributed by atoms with van der Waals surface area (Å²) < 4.78 is 10.7.